The highest BCUT2D eigenvalue weighted by Gasteiger charge is 2.35. The van der Waals surface area contributed by atoms with Crippen molar-refractivity contribution in [3.8, 4) is 0 Å². The second-order valence-electron chi connectivity index (χ2n) is 5.40. The van der Waals surface area contributed by atoms with Crippen LogP contribution in [-0.4, -0.2) is 39.0 Å². The van der Waals surface area contributed by atoms with Crippen LogP contribution in [0.15, 0.2) is 0 Å². The van der Waals surface area contributed by atoms with Crippen LogP contribution in [0.3, 0.4) is 0 Å². The molecule has 1 fully saturated rings. The average Bonchev–Trinajstić information content (AvgIpc) is 2.30. The zero-order valence-electron chi connectivity index (χ0n) is 11.8. The van der Waals surface area contributed by atoms with E-state index in [1.807, 2.05) is 0 Å². The number of rotatable bonds is 8. The monoisotopic (exact) mass is 243 g/mol. The van der Waals surface area contributed by atoms with E-state index in [-0.39, 0.29) is 5.60 Å². The van der Waals surface area contributed by atoms with Crippen molar-refractivity contribution in [2.24, 2.45) is 5.92 Å². The van der Waals surface area contributed by atoms with Gasteiger partial charge in [-0.15, -0.1) is 0 Å². The lowest BCUT2D eigenvalue weighted by atomic mass is 9.78. The summed E-state index contributed by atoms with van der Waals surface area (Å²) < 4.78 is 11.2. The maximum Gasteiger partial charge on any atom is 0.0810 e. The molecular formula is C14H29NO2. The van der Waals surface area contributed by atoms with Crippen LogP contribution in [0.5, 0.6) is 0 Å². The van der Waals surface area contributed by atoms with Gasteiger partial charge in [-0.2, -0.15) is 0 Å². The Bertz CT molecular complexity index is 187. The molecule has 0 radical (unpaired) electrons. The van der Waals surface area contributed by atoms with Crippen LogP contribution in [0.2, 0.25) is 0 Å². The van der Waals surface area contributed by atoms with Gasteiger partial charge in [-0.25, -0.2) is 0 Å². The molecule has 1 rings (SSSR count). The van der Waals surface area contributed by atoms with Crippen molar-refractivity contribution in [3.63, 3.8) is 0 Å². The highest BCUT2D eigenvalue weighted by molar-refractivity contribution is 4.89. The normalized spacial score (nSPS) is 29.5. The summed E-state index contributed by atoms with van der Waals surface area (Å²) in [6, 6.07) is 0. The van der Waals surface area contributed by atoms with Crippen molar-refractivity contribution in [2.45, 2.75) is 51.6 Å². The molecule has 17 heavy (non-hydrogen) atoms. The molecule has 0 aliphatic heterocycles. The molecular weight excluding hydrogens is 214 g/mol. The van der Waals surface area contributed by atoms with Crippen molar-refractivity contribution in [3.05, 3.63) is 0 Å². The van der Waals surface area contributed by atoms with Gasteiger partial charge in [-0.1, -0.05) is 26.7 Å². The van der Waals surface area contributed by atoms with E-state index in [1.54, 1.807) is 7.11 Å². The molecule has 1 aliphatic rings. The molecule has 2 atom stereocenters. The zero-order valence-corrected chi connectivity index (χ0v) is 11.8. The Hall–Kier alpha value is -0.120. The molecule has 1 N–H and O–H groups in total. The summed E-state index contributed by atoms with van der Waals surface area (Å²) >= 11 is 0. The molecule has 0 spiro atoms. The fraction of sp³-hybridized carbons (Fsp3) is 1.00. The number of hydrogen-bond donors (Lipinski definition) is 1. The molecule has 2 unspecified atom stereocenters. The first kappa shape index (κ1) is 14.9. The van der Waals surface area contributed by atoms with Crippen molar-refractivity contribution in [2.75, 3.05) is 33.4 Å². The van der Waals surface area contributed by atoms with Gasteiger partial charge in [0.25, 0.3) is 0 Å². The summed E-state index contributed by atoms with van der Waals surface area (Å²) in [4.78, 5) is 0. The van der Waals surface area contributed by atoms with Gasteiger partial charge >= 0.3 is 0 Å². The van der Waals surface area contributed by atoms with Gasteiger partial charge in [0.15, 0.2) is 0 Å². The second-order valence-corrected chi connectivity index (χ2v) is 5.40. The summed E-state index contributed by atoms with van der Waals surface area (Å²) in [5.74, 6) is 0.787. The lowest BCUT2D eigenvalue weighted by Crippen LogP contribution is -2.47. The first-order valence-corrected chi connectivity index (χ1v) is 7.06. The number of nitrogens with one attached hydrogen (secondary N) is 1. The molecule has 0 aromatic carbocycles. The number of methoxy groups -OCH3 is 1. The molecule has 1 saturated carbocycles. The van der Waals surface area contributed by atoms with E-state index >= 15 is 0 Å². The van der Waals surface area contributed by atoms with Gasteiger partial charge in [-0.3, -0.25) is 0 Å². The third kappa shape index (κ3) is 5.36. The van der Waals surface area contributed by atoms with Gasteiger partial charge in [0.05, 0.1) is 18.8 Å². The Balaban J connectivity index is 2.43. The van der Waals surface area contributed by atoms with E-state index in [0.717, 1.165) is 25.6 Å². The van der Waals surface area contributed by atoms with Gasteiger partial charge in [-0.05, 0) is 31.7 Å². The lowest BCUT2D eigenvalue weighted by Gasteiger charge is -2.40. The van der Waals surface area contributed by atoms with Crippen molar-refractivity contribution < 1.29 is 9.47 Å². The first-order valence-electron chi connectivity index (χ1n) is 7.06. The minimum absolute atomic E-state index is 0.0609. The summed E-state index contributed by atoms with van der Waals surface area (Å²) in [7, 11) is 1.73. The fourth-order valence-corrected chi connectivity index (χ4v) is 2.79. The second kappa shape index (κ2) is 8.06. The van der Waals surface area contributed by atoms with E-state index in [0.29, 0.717) is 6.61 Å². The SMILES string of the molecule is CCCNCC1(OCCOC)CCCC(C)C1. The zero-order chi connectivity index (χ0) is 12.6. The van der Waals surface area contributed by atoms with Crippen LogP contribution in [0.25, 0.3) is 0 Å². The van der Waals surface area contributed by atoms with Crippen LogP contribution in [0.4, 0.5) is 0 Å². The quantitative estimate of drug-likeness (QED) is 0.665. The standard InChI is InChI=1S/C14H29NO2/c1-4-8-15-12-14(17-10-9-16-3)7-5-6-13(2)11-14/h13,15H,4-12H2,1-3H3. The van der Waals surface area contributed by atoms with Crippen LogP contribution < -0.4 is 5.32 Å². The molecule has 102 valence electrons. The average molecular weight is 243 g/mol. The third-order valence-electron chi connectivity index (χ3n) is 3.62. The van der Waals surface area contributed by atoms with Gasteiger partial charge in [0.2, 0.25) is 0 Å². The highest BCUT2D eigenvalue weighted by Crippen LogP contribution is 2.34. The summed E-state index contributed by atoms with van der Waals surface area (Å²) in [6.45, 7) is 8.04. The van der Waals surface area contributed by atoms with Gasteiger partial charge < -0.3 is 14.8 Å². The smallest absolute Gasteiger partial charge is 0.0810 e. The summed E-state index contributed by atoms with van der Waals surface area (Å²) in [5.41, 5.74) is 0.0609. The molecule has 0 amide bonds. The molecule has 0 bridgehead atoms. The summed E-state index contributed by atoms with van der Waals surface area (Å²) in [6.07, 6.45) is 6.21. The summed E-state index contributed by atoms with van der Waals surface area (Å²) in [5, 5.41) is 3.53. The molecule has 0 aromatic heterocycles. The maximum atomic E-state index is 6.14. The third-order valence-corrected chi connectivity index (χ3v) is 3.62. The largest absolute Gasteiger partial charge is 0.382 e. The number of ether oxygens (including phenoxy) is 2. The molecule has 0 saturated heterocycles. The fourth-order valence-electron chi connectivity index (χ4n) is 2.79. The van der Waals surface area contributed by atoms with Crippen LogP contribution in [0.1, 0.15) is 46.0 Å². The van der Waals surface area contributed by atoms with Crippen LogP contribution in [-0.2, 0) is 9.47 Å². The Morgan fingerprint density at radius 3 is 2.82 bits per heavy atom. The minimum atomic E-state index is 0.0609. The van der Waals surface area contributed by atoms with E-state index in [4.69, 9.17) is 9.47 Å². The molecule has 0 heterocycles. The minimum Gasteiger partial charge on any atom is -0.382 e. The predicted molar refractivity (Wildman–Crippen MR) is 71.4 cm³/mol. The maximum absolute atomic E-state index is 6.14. The highest BCUT2D eigenvalue weighted by atomic mass is 16.5. The topological polar surface area (TPSA) is 30.5 Å². The Labute approximate surface area is 106 Å². The van der Waals surface area contributed by atoms with E-state index in [9.17, 15) is 0 Å². The molecule has 3 nitrogen and oxygen atoms in total. The Morgan fingerprint density at radius 1 is 1.35 bits per heavy atom. The van der Waals surface area contributed by atoms with Crippen LogP contribution >= 0.6 is 0 Å². The van der Waals surface area contributed by atoms with Crippen molar-refractivity contribution >= 4 is 0 Å². The number of hydrogen-bond acceptors (Lipinski definition) is 3. The van der Waals surface area contributed by atoms with Gasteiger partial charge in [0.1, 0.15) is 0 Å². The van der Waals surface area contributed by atoms with Gasteiger partial charge in [0, 0.05) is 13.7 Å². The molecule has 3 heteroatoms. The van der Waals surface area contributed by atoms with E-state index in [2.05, 4.69) is 19.2 Å². The van der Waals surface area contributed by atoms with E-state index < -0.39 is 0 Å². The van der Waals surface area contributed by atoms with Crippen molar-refractivity contribution in [1.82, 2.24) is 5.32 Å². The first-order chi connectivity index (χ1) is 8.22. The molecule has 0 aromatic rings. The Kier molecular flexibility index (Phi) is 7.09. The predicted octanol–water partition coefficient (Wildman–Crippen LogP) is 2.60. The van der Waals surface area contributed by atoms with Crippen molar-refractivity contribution in [1.29, 1.82) is 0 Å². The molecule has 1 aliphatic carbocycles. The van der Waals surface area contributed by atoms with Crippen LogP contribution in [0, 0.1) is 5.92 Å². The Morgan fingerprint density at radius 2 is 2.18 bits per heavy atom. The van der Waals surface area contributed by atoms with E-state index in [1.165, 1.54) is 32.1 Å². The lowest BCUT2D eigenvalue weighted by molar-refractivity contribution is -0.0916.